The van der Waals surface area contributed by atoms with Gasteiger partial charge in [-0.15, -0.1) is 0 Å². The molecule has 1 aromatic heterocycles. The van der Waals surface area contributed by atoms with Crippen LogP contribution in [0.3, 0.4) is 0 Å². The zero-order valence-electron chi connectivity index (χ0n) is 12.0. The van der Waals surface area contributed by atoms with Gasteiger partial charge in [-0.3, -0.25) is 0 Å². The van der Waals surface area contributed by atoms with Gasteiger partial charge in [-0.1, -0.05) is 48.2 Å². The highest BCUT2D eigenvalue weighted by atomic mass is 35.5. The fourth-order valence-electron chi connectivity index (χ4n) is 3.15. The van der Waals surface area contributed by atoms with E-state index in [1.807, 2.05) is 24.3 Å². The minimum absolute atomic E-state index is 0.128. The molecular weight excluding hydrogens is 286 g/mol. The second kappa shape index (κ2) is 6.16. The molecule has 0 spiro atoms. The summed E-state index contributed by atoms with van der Waals surface area (Å²) in [5.41, 5.74) is 6.95. The molecule has 5 heteroatoms. The summed E-state index contributed by atoms with van der Waals surface area (Å²) in [5, 5.41) is 4.70. The van der Waals surface area contributed by atoms with E-state index >= 15 is 0 Å². The van der Waals surface area contributed by atoms with Crippen LogP contribution >= 0.6 is 11.6 Å². The van der Waals surface area contributed by atoms with Gasteiger partial charge in [0.15, 0.2) is 0 Å². The van der Waals surface area contributed by atoms with Crippen molar-refractivity contribution >= 4 is 11.6 Å². The van der Waals surface area contributed by atoms with E-state index in [2.05, 4.69) is 10.1 Å². The quantitative estimate of drug-likeness (QED) is 0.932. The Bertz CT molecular complexity index is 605. The first-order chi connectivity index (χ1) is 10.2. The second-order valence-corrected chi connectivity index (χ2v) is 6.34. The minimum atomic E-state index is 0.128. The molecule has 3 rings (SSSR count). The summed E-state index contributed by atoms with van der Waals surface area (Å²) in [6, 6.07) is 7.53. The van der Waals surface area contributed by atoms with Crippen LogP contribution in [0.25, 0.3) is 11.4 Å². The van der Waals surface area contributed by atoms with Crippen LogP contribution < -0.4 is 5.73 Å². The predicted molar refractivity (Wildman–Crippen MR) is 83.0 cm³/mol. The van der Waals surface area contributed by atoms with E-state index in [4.69, 9.17) is 21.9 Å². The number of halogens is 1. The molecular formula is C16H20ClN3O. The van der Waals surface area contributed by atoms with Crippen molar-refractivity contribution in [2.45, 2.75) is 38.5 Å². The van der Waals surface area contributed by atoms with Gasteiger partial charge in [-0.05, 0) is 36.9 Å². The van der Waals surface area contributed by atoms with E-state index in [0.29, 0.717) is 23.3 Å². The molecule has 1 fully saturated rings. The molecule has 112 valence electrons. The summed E-state index contributed by atoms with van der Waals surface area (Å²) in [6.45, 7) is 0.677. The van der Waals surface area contributed by atoms with Crippen LogP contribution in [0.4, 0.5) is 0 Å². The number of nitrogens with two attached hydrogens (primary N) is 1. The summed E-state index contributed by atoms with van der Waals surface area (Å²) in [7, 11) is 0. The van der Waals surface area contributed by atoms with Crippen molar-refractivity contribution in [1.82, 2.24) is 10.1 Å². The normalized spacial score (nSPS) is 17.8. The Hall–Kier alpha value is -1.39. The van der Waals surface area contributed by atoms with E-state index in [1.54, 1.807) is 0 Å². The molecule has 0 amide bonds. The lowest BCUT2D eigenvalue weighted by Gasteiger charge is -2.34. The molecule has 1 aliphatic carbocycles. The Kier molecular flexibility index (Phi) is 4.27. The van der Waals surface area contributed by atoms with Crippen molar-refractivity contribution in [3.8, 4) is 11.4 Å². The molecule has 1 saturated carbocycles. The van der Waals surface area contributed by atoms with Crippen molar-refractivity contribution in [2.24, 2.45) is 11.1 Å². The Labute approximate surface area is 129 Å². The molecule has 0 bridgehead atoms. The predicted octanol–water partition coefficient (Wildman–Crippen LogP) is 3.84. The van der Waals surface area contributed by atoms with Gasteiger partial charge in [0, 0.05) is 12.0 Å². The van der Waals surface area contributed by atoms with Gasteiger partial charge in [0.05, 0.1) is 5.02 Å². The monoisotopic (exact) mass is 305 g/mol. The Morgan fingerprint density at radius 2 is 1.95 bits per heavy atom. The van der Waals surface area contributed by atoms with Gasteiger partial charge in [-0.25, -0.2) is 0 Å². The maximum absolute atomic E-state index is 6.17. The number of hydrogen-bond donors (Lipinski definition) is 1. The molecule has 1 aromatic carbocycles. The summed E-state index contributed by atoms with van der Waals surface area (Å²) in [4.78, 5) is 4.51. The van der Waals surface area contributed by atoms with Crippen LogP contribution in [0.5, 0.6) is 0 Å². The van der Waals surface area contributed by atoms with Crippen molar-refractivity contribution in [3.63, 3.8) is 0 Å². The van der Waals surface area contributed by atoms with Crippen molar-refractivity contribution < 1.29 is 4.52 Å². The summed E-state index contributed by atoms with van der Waals surface area (Å²) >= 11 is 6.17. The first kappa shape index (κ1) is 14.5. The van der Waals surface area contributed by atoms with Gasteiger partial charge in [0.25, 0.3) is 0 Å². The lowest BCUT2D eigenvalue weighted by atomic mass is 9.72. The van der Waals surface area contributed by atoms with E-state index in [-0.39, 0.29) is 5.41 Å². The summed E-state index contributed by atoms with van der Waals surface area (Å²) in [6.07, 6.45) is 6.84. The highest BCUT2D eigenvalue weighted by molar-refractivity contribution is 6.33. The zero-order valence-corrected chi connectivity index (χ0v) is 12.8. The molecule has 2 aromatic rings. The lowest BCUT2D eigenvalue weighted by Crippen LogP contribution is -2.35. The molecule has 0 atom stereocenters. The SMILES string of the molecule is NCC1(Cc2nc(-c3ccccc3Cl)no2)CCCCC1. The van der Waals surface area contributed by atoms with Gasteiger partial charge in [0.1, 0.15) is 0 Å². The highest BCUT2D eigenvalue weighted by Crippen LogP contribution is 2.38. The minimum Gasteiger partial charge on any atom is -0.339 e. The molecule has 21 heavy (non-hydrogen) atoms. The third-order valence-electron chi connectivity index (χ3n) is 4.46. The maximum atomic E-state index is 6.17. The fraction of sp³-hybridized carbons (Fsp3) is 0.500. The van der Waals surface area contributed by atoms with Crippen molar-refractivity contribution in [3.05, 3.63) is 35.2 Å². The molecule has 1 aliphatic rings. The van der Waals surface area contributed by atoms with E-state index < -0.39 is 0 Å². The number of nitrogens with zero attached hydrogens (tertiary/aromatic N) is 2. The third-order valence-corrected chi connectivity index (χ3v) is 4.79. The zero-order chi connectivity index (χ0) is 14.7. The number of rotatable bonds is 4. The molecule has 2 N–H and O–H groups in total. The van der Waals surface area contributed by atoms with Crippen molar-refractivity contribution in [1.29, 1.82) is 0 Å². The Balaban J connectivity index is 1.80. The highest BCUT2D eigenvalue weighted by Gasteiger charge is 2.33. The first-order valence-electron chi connectivity index (χ1n) is 7.50. The van der Waals surface area contributed by atoms with E-state index in [0.717, 1.165) is 24.8 Å². The molecule has 4 nitrogen and oxygen atoms in total. The van der Waals surface area contributed by atoms with Gasteiger partial charge < -0.3 is 10.3 Å². The number of benzene rings is 1. The summed E-state index contributed by atoms with van der Waals surface area (Å²) in [5.74, 6) is 1.22. The second-order valence-electron chi connectivity index (χ2n) is 5.93. The van der Waals surface area contributed by atoms with Crippen LogP contribution in [0.1, 0.15) is 38.0 Å². The first-order valence-corrected chi connectivity index (χ1v) is 7.88. The van der Waals surface area contributed by atoms with Crippen LogP contribution in [-0.2, 0) is 6.42 Å². The van der Waals surface area contributed by atoms with Gasteiger partial charge in [-0.2, -0.15) is 4.98 Å². The van der Waals surface area contributed by atoms with Gasteiger partial charge in [0.2, 0.25) is 11.7 Å². The van der Waals surface area contributed by atoms with Crippen LogP contribution in [0.15, 0.2) is 28.8 Å². The lowest BCUT2D eigenvalue weighted by molar-refractivity contribution is 0.177. The van der Waals surface area contributed by atoms with Gasteiger partial charge >= 0.3 is 0 Å². The standard InChI is InChI=1S/C16H20ClN3O/c17-13-7-3-2-6-12(13)15-19-14(21-20-15)10-16(11-18)8-4-1-5-9-16/h2-3,6-7H,1,4-5,8-11,18H2. The molecule has 0 radical (unpaired) electrons. The van der Waals surface area contributed by atoms with E-state index in [9.17, 15) is 0 Å². The largest absolute Gasteiger partial charge is 0.339 e. The summed E-state index contributed by atoms with van der Waals surface area (Å²) < 4.78 is 5.43. The molecule has 0 unspecified atom stereocenters. The molecule has 1 heterocycles. The van der Waals surface area contributed by atoms with Crippen molar-refractivity contribution in [2.75, 3.05) is 6.54 Å². The fourth-order valence-corrected chi connectivity index (χ4v) is 3.37. The van der Waals surface area contributed by atoms with Crippen LogP contribution in [0, 0.1) is 5.41 Å². The Morgan fingerprint density at radius 3 is 2.67 bits per heavy atom. The number of aromatic nitrogens is 2. The molecule has 0 saturated heterocycles. The van der Waals surface area contributed by atoms with E-state index in [1.165, 1.54) is 19.3 Å². The van der Waals surface area contributed by atoms with Crippen LogP contribution in [0.2, 0.25) is 5.02 Å². The average Bonchev–Trinajstić information content (AvgIpc) is 2.97. The average molecular weight is 306 g/mol. The smallest absolute Gasteiger partial charge is 0.227 e. The molecule has 0 aliphatic heterocycles. The van der Waals surface area contributed by atoms with Crippen LogP contribution in [-0.4, -0.2) is 16.7 Å². The maximum Gasteiger partial charge on any atom is 0.227 e. The topological polar surface area (TPSA) is 64.9 Å². The third kappa shape index (κ3) is 3.11. The number of hydrogen-bond acceptors (Lipinski definition) is 4. The Morgan fingerprint density at radius 1 is 1.19 bits per heavy atom.